The summed E-state index contributed by atoms with van der Waals surface area (Å²) < 4.78 is 83.1. The minimum atomic E-state index is -5.09. The van der Waals surface area contributed by atoms with E-state index in [9.17, 15) is 35.6 Å². The number of fused-ring (bicyclic) bond motifs is 2. The van der Waals surface area contributed by atoms with Gasteiger partial charge < -0.3 is 4.57 Å². The smallest absolute Gasteiger partial charge is 0.331 e. The summed E-state index contributed by atoms with van der Waals surface area (Å²) in [6, 6.07) is 9.70. The van der Waals surface area contributed by atoms with Crippen LogP contribution in [0, 0.1) is 5.82 Å². The molecule has 4 aromatic rings. The van der Waals surface area contributed by atoms with Gasteiger partial charge in [-0.05, 0) is 24.3 Å². The van der Waals surface area contributed by atoms with Crippen molar-refractivity contribution in [2.45, 2.75) is 19.1 Å². The van der Waals surface area contributed by atoms with Crippen molar-refractivity contribution < 1.29 is 35.6 Å². The van der Waals surface area contributed by atoms with Crippen molar-refractivity contribution in [1.82, 2.24) is 14.3 Å². The molecular formula is C27H18ClF4N3O4S. The van der Waals surface area contributed by atoms with E-state index in [1.807, 2.05) is 4.72 Å². The van der Waals surface area contributed by atoms with Crippen molar-refractivity contribution in [3.63, 3.8) is 0 Å². The summed E-state index contributed by atoms with van der Waals surface area (Å²) in [6.45, 7) is -0.318. The van der Waals surface area contributed by atoms with Crippen LogP contribution in [0.1, 0.15) is 33.6 Å². The van der Waals surface area contributed by atoms with Crippen LogP contribution in [0.25, 0.3) is 27.4 Å². The largest absolute Gasteiger partial charge is 0.419 e. The molecule has 2 heterocycles. The Morgan fingerprint density at radius 1 is 1.18 bits per heavy atom. The van der Waals surface area contributed by atoms with Gasteiger partial charge in [0.25, 0.3) is 5.91 Å². The Hall–Kier alpha value is -4.03. The summed E-state index contributed by atoms with van der Waals surface area (Å²) in [5.41, 5.74) is -1.80. The average Bonchev–Trinajstić information content (AvgIpc) is 3.15. The number of benzene rings is 2. The van der Waals surface area contributed by atoms with Crippen LogP contribution in [0.5, 0.6) is 0 Å². The van der Waals surface area contributed by atoms with Gasteiger partial charge in [0.1, 0.15) is 16.7 Å². The molecule has 2 aromatic heterocycles. The van der Waals surface area contributed by atoms with E-state index >= 15 is 0 Å². The van der Waals surface area contributed by atoms with Crippen LogP contribution in [-0.4, -0.2) is 35.9 Å². The summed E-state index contributed by atoms with van der Waals surface area (Å²) >= 11 is 6.42. The molecule has 0 fully saturated rings. The zero-order chi connectivity index (χ0) is 29.0. The standard InChI is InChI=1S/C27H18ClF4N3O4S/c1-40(38,39)34-26(37)24-23(16-7-3-5-9-22(16)36)17-11-18(27(30,31)32)19(29)12-21(17)35(24)13-15-10-14-6-2-4-8-20(14)33-25(15)28/h2-8,10-12H,9,13H2,1H3,(H,34,37). The first-order chi connectivity index (χ1) is 18.7. The molecule has 1 aliphatic carbocycles. The summed E-state index contributed by atoms with van der Waals surface area (Å²) in [5, 5.41) is 0.383. The van der Waals surface area contributed by atoms with Crippen LogP contribution < -0.4 is 4.72 Å². The van der Waals surface area contributed by atoms with E-state index in [4.69, 9.17) is 11.6 Å². The quantitative estimate of drug-likeness (QED) is 0.239. The maximum Gasteiger partial charge on any atom is 0.419 e. The number of para-hydroxylation sites is 1. The highest BCUT2D eigenvalue weighted by Gasteiger charge is 2.37. The molecular weight excluding hydrogens is 574 g/mol. The van der Waals surface area contributed by atoms with Gasteiger partial charge in [0.2, 0.25) is 10.0 Å². The Kier molecular flexibility index (Phi) is 6.79. The number of allylic oxidation sites excluding steroid dienone is 4. The lowest BCUT2D eigenvalue weighted by atomic mass is 9.93. The second-order valence-electron chi connectivity index (χ2n) is 9.13. The molecule has 0 aliphatic heterocycles. The fourth-order valence-corrected chi connectivity index (χ4v) is 5.30. The number of hydrogen-bond donors (Lipinski definition) is 1. The first-order valence-corrected chi connectivity index (χ1v) is 13.9. The van der Waals surface area contributed by atoms with Gasteiger partial charge >= 0.3 is 6.18 Å². The number of aromatic nitrogens is 2. The highest BCUT2D eigenvalue weighted by atomic mass is 35.5. The lowest BCUT2D eigenvalue weighted by Gasteiger charge is -2.15. The van der Waals surface area contributed by atoms with Gasteiger partial charge in [-0.2, -0.15) is 13.2 Å². The van der Waals surface area contributed by atoms with E-state index in [1.54, 1.807) is 30.3 Å². The molecule has 1 amide bonds. The SMILES string of the molecule is CS(=O)(=O)NC(=O)c1c(C2=CC=CCC2=O)c2cc(C(F)(F)F)c(F)cc2n1Cc1cc2ccccc2nc1Cl. The van der Waals surface area contributed by atoms with Crippen molar-refractivity contribution in [3.8, 4) is 0 Å². The second-order valence-corrected chi connectivity index (χ2v) is 11.2. The minimum Gasteiger partial charge on any atom is -0.331 e. The van der Waals surface area contributed by atoms with Crippen LogP contribution >= 0.6 is 11.6 Å². The number of ketones is 1. The van der Waals surface area contributed by atoms with Gasteiger partial charge in [-0.3, -0.25) is 9.59 Å². The number of nitrogens with one attached hydrogen (secondary N) is 1. The molecule has 2 aromatic carbocycles. The van der Waals surface area contributed by atoms with Crippen LogP contribution in [0.4, 0.5) is 17.6 Å². The summed E-state index contributed by atoms with van der Waals surface area (Å²) in [6.07, 6.45) is -0.179. The molecule has 7 nitrogen and oxygen atoms in total. The van der Waals surface area contributed by atoms with Crippen LogP contribution in [0.15, 0.2) is 60.7 Å². The number of sulfonamides is 1. The number of carbonyl (C=O) groups excluding carboxylic acids is 2. The van der Waals surface area contributed by atoms with Crippen molar-refractivity contribution >= 4 is 60.7 Å². The third-order valence-corrected chi connectivity index (χ3v) is 7.18. The molecule has 5 rings (SSSR count). The lowest BCUT2D eigenvalue weighted by molar-refractivity contribution is -0.139. The average molecular weight is 592 g/mol. The second kappa shape index (κ2) is 9.86. The number of pyridine rings is 1. The van der Waals surface area contributed by atoms with Crippen molar-refractivity contribution in [2.75, 3.05) is 6.26 Å². The van der Waals surface area contributed by atoms with E-state index in [0.717, 1.165) is 10.8 Å². The molecule has 0 saturated heterocycles. The molecule has 0 spiro atoms. The summed E-state index contributed by atoms with van der Waals surface area (Å²) in [5.74, 6) is -3.37. The Bertz CT molecular complexity index is 1910. The van der Waals surface area contributed by atoms with E-state index < -0.39 is 45.0 Å². The molecule has 1 N–H and O–H groups in total. The number of hydrogen-bond acceptors (Lipinski definition) is 5. The Labute approximate surface area is 229 Å². The molecule has 0 radical (unpaired) electrons. The number of halogens is 5. The zero-order valence-electron chi connectivity index (χ0n) is 20.5. The number of Topliss-reactive ketones (excluding diaryl/α,β-unsaturated/α-hetero) is 1. The van der Waals surface area contributed by atoms with E-state index in [0.29, 0.717) is 28.6 Å². The molecule has 40 heavy (non-hydrogen) atoms. The molecule has 0 saturated carbocycles. The van der Waals surface area contributed by atoms with Gasteiger partial charge in [-0.15, -0.1) is 0 Å². The summed E-state index contributed by atoms with van der Waals surface area (Å²) in [7, 11) is -4.16. The van der Waals surface area contributed by atoms with Gasteiger partial charge in [0, 0.05) is 33.9 Å². The number of carbonyl (C=O) groups is 2. The molecule has 206 valence electrons. The third-order valence-electron chi connectivity index (χ3n) is 6.30. The fourth-order valence-electron chi connectivity index (χ4n) is 4.66. The van der Waals surface area contributed by atoms with Gasteiger partial charge in [0.05, 0.1) is 29.4 Å². The normalized spacial score (nSPS) is 14.2. The zero-order valence-corrected chi connectivity index (χ0v) is 22.1. The molecule has 0 atom stereocenters. The Balaban J connectivity index is 1.88. The maximum absolute atomic E-state index is 14.9. The predicted octanol–water partition coefficient (Wildman–Crippen LogP) is 5.65. The summed E-state index contributed by atoms with van der Waals surface area (Å²) in [4.78, 5) is 30.7. The van der Waals surface area contributed by atoms with Gasteiger partial charge in [0.15, 0.2) is 5.78 Å². The molecule has 13 heteroatoms. The van der Waals surface area contributed by atoms with Crippen molar-refractivity contribution in [3.05, 3.63) is 94.0 Å². The molecule has 0 bridgehead atoms. The Morgan fingerprint density at radius 3 is 2.58 bits per heavy atom. The highest BCUT2D eigenvalue weighted by molar-refractivity contribution is 7.89. The number of alkyl halides is 3. The van der Waals surface area contributed by atoms with Crippen LogP contribution in [0.2, 0.25) is 5.15 Å². The van der Waals surface area contributed by atoms with Gasteiger partial charge in [-0.25, -0.2) is 22.5 Å². The van der Waals surface area contributed by atoms with Crippen LogP contribution in [0.3, 0.4) is 0 Å². The third kappa shape index (κ3) is 5.11. The fraction of sp³-hybridized carbons (Fsp3) is 0.148. The maximum atomic E-state index is 14.9. The predicted molar refractivity (Wildman–Crippen MR) is 142 cm³/mol. The highest BCUT2D eigenvalue weighted by Crippen LogP contribution is 2.40. The lowest BCUT2D eigenvalue weighted by Crippen LogP contribution is -2.32. The first kappa shape index (κ1) is 27.5. The number of amides is 1. The van der Waals surface area contributed by atoms with Gasteiger partial charge in [-0.1, -0.05) is 48.0 Å². The monoisotopic (exact) mass is 591 g/mol. The van der Waals surface area contributed by atoms with E-state index in [-0.39, 0.29) is 40.2 Å². The minimum absolute atomic E-state index is 0.000142. The van der Waals surface area contributed by atoms with Crippen LogP contribution in [-0.2, 0) is 27.5 Å². The molecule has 1 aliphatic rings. The Morgan fingerprint density at radius 2 is 1.90 bits per heavy atom. The van der Waals surface area contributed by atoms with E-state index in [2.05, 4.69) is 4.98 Å². The van der Waals surface area contributed by atoms with Crippen molar-refractivity contribution in [2.24, 2.45) is 0 Å². The topological polar surface area (TPSA) is 98.1 Å². The van der Waals surface area contributed by atoms with E-state index in [1.165, 1.54) is 18.2 Å². The van der Waals surface area contributed by atoms with Crippen molar-refractivity contribution in [1.29, 1.82) is 0 Å². The molecule has 0 unspecified atom stereocenters. The first-order valence-electron chi connectivity index (χ1n) is 11.6. The number of rotatable bonds is 5. The number of nitrogens with zero attached hydrogens (tertiary/aromatic N) is 2.